The molecule has 0 aliphatic rings. The van der Waals surface area contributed by atoms with Crippen molar-refractivity contribution >= 4 is 22.8 Å². The van der Waals surface area contributed by atoms with E-state index in [1.807, 2.05) is 42.5 Å². The van der Waals surface area contributed by atoms with E-state index in [1.165, 1.54) is 4.68 Å². The van der Waals surface area contributed by atoms with Gasteiger partial charge in [-0.15, -0.1) is 0 Å². The van der Waals surface area contributed by atoms with E-state index in [1.54, 1.807) is 36.7 Å². The predicted octanol–water partition coefficient (Wildman–Crippen LogP) is 2.21. The van der Waals surface area contributed by atoms with Crippen molar-refractivity contribution in [3.05, 3.63) is 90.3 Å². The largest absolute Gasteiger partial charge is 0.479 e. The molecule has 4 rings (SSSR count). The number of aliphatic hydroxyl groups is 1. The summed E-state index contributed by atoms with van der Waals surface area (Å²) < 4.78 is 1.51. The molecule has 8 nitrogen and oxygen atoms in total. The number of fused-ring (bicyclic) bond motifs is 1. The fourth-order valence-corrected chi connectivity index (χ4v) is 3.36. The summed E-state index contributed by atoms with van der Waals surface area (Å²) in [4.78, 5) is 28.8. The topological polar surface area (TPSA) is 117 Å². The van der Waals surface area contributed by atoms with Gasteiger partial charge in [0.2, 0.25) is 0 Å². The van der Waals surface area contributed by atoms with Crippen LogP contribution in [0.5, 0.6) is 0 Å². The molecule has 0 aliphatic heterocycles. The molecule has 0 bridgehead atoms. The van der Waals surface area contributed by atoms with Gasteiger partial charge < -0.3 is 15.5 Å². The molecule has 2 unspecified atom stereocenters. The van der Waals surface area contributed by atoms with Crippen molar-refractivity contribution in [3.8, 4) is 5.82 Å². The smallest absolute Gasteiger partial charge is 0.334 e. The van der Waals surface area contributed by atoms with Gasteiger partial charge in [-0.2, -0.15) is 5.10 Å². The number of carboxylic acids is 1. The number of nitrogens with zero attached hydrogens (tertiary/aromatic N) is 3. The van der Waals surface area contributed by atoms with Gasteiger partial charge in [-0.3, -0.25) is 4.79 Å². The van der Waals surface area contributed by atoms with Crippen LogP contribution in [-0.4, -0.2) is 49.0 Å². The highest BCUT2D eigenvalue weighted by Crippen LogP contribution is 2.17. The van der Waals surface area contributed by atoms with Gasteiger partial charge in [0.25, 0.3) is 5.91 Å². The van der Waals surface area contributed by atoms with E-state index < -0.39 is 24.0 Å². The first kappa shape index (κ1) is 20.2. The summed E-state index contributed by atoms with van der Waals surface area (Å²) in [6.07, 6.45) is 1.70. The number of aliphatic hydroxyl groups excluding tert-OH is 1. The van der Waals surface area contributed by atoms with E-state index in [9.17, 15) is 19.8 Å². The minimum atomic E-state index is -1.77. The molecule has 2 atom stereocenters. The fraction of sp³-hybridized carbons (Fsp3) is 0.130. The van der Waals surface area contributed by atoms with Gasteiger partial charge in [0, 0.05) is 17.8 Å². The Morgan fingerprint density at radius 2 is 1.74 bits per heavy atom. The SMILES string of the molecule is O=C(NC(Cc1ccccc1)C(O)C(=O)O)c1cccnc1-n1cc2ccccc2n1. The molecule has 4 aromatic rings. The molecular formula is C23H20N4O4. The molecule has 2 aromatic carbocycles. The summed E-state index contributed by atoms with van der Waals surface area (Å²) in [5.74, 6) is -1.66. The van der Waals surface area contributed by atoms with Crippen LogP contribution in [0.25, 0.3) is 16.7 Å². The van der Waals surface area contributed by atoms with E-state index in [-0.39, 0.29) is 12.0 Å². The Hall–Kier alpha value is -4.04. The van der Waals surface area contributed by atoms with Crippen LogP contribution in [-0.2, 0) is 11.2 Å². The second kappa shape index (κ2) is 8.76. The second-order valence-electron chi connectivity index (χ2n) is 7.06. The van der Waals surface area contributed by atoms with Crippen molar-refractivity contribution in [2.24, 2.45) is 0 Å². The number of hydrogen-bond donors (Lipinski definition) is 3. The zero-order valence-electron chi connectivity index (χ0n) is 16.4. The third-order valence-electron chi connectivity index (χ3n) is 4.91. The molecule has 0 saturated heterocycles. The number of benzene rings is 2. The Kier molecular flexibility index (Phi) is 5.72. The second-order valence-corrected chi connectivity index (χ2v) is 7.06. The molecule has 8 heteroatoms. The lowest BCUT2D eigenvalue weighted by Crippen LogP contribution is -2.48. The number of carboxylic acid groups (broad SMARTS) is 1. The zero-order valence-corrected chi connectivity index (χ0v) is 16.4. The maximum atomic E-state index is 13.1. The van der Waals surface area contributed by atoms with Gasteiger partial charge in [-0.25, -0.2) is 14.5 Å². The molecule has 0 saturated carbocycles. The molecular weight excluding hydrogens is 396 g/mol. The number of amides is 1. The third-order valence-corrected chi connectivity index (χ3v) is 4.91. The molecule has 156 valence electrons. The number of hydrogen-bond acceptors (Lipinski definition) is 5. The van der Waals surface area contributed by atoms with Crippen LogP contribution in [0.15, 0.2) is 79.1 Å². The van der Waals surface area contributed by atoms with Crippen LogP contribution in [0.1, 0.15) is 15.9 Å². The Labute approximate surface area is 177 Å². The minimum Gasteiger partial charge on any atom is -0.479 e. The van der Waals surface area contributed by atoms with E-state index in [4.69, 9.17) is 0 Å². The zero-order chi connectivity index (χ0) is 21.8. The minimum absolute atomic E-state index is 0.154. The molecule has 0 aliphatic carbocycles. The number of pyridine rings is 1. The van der Waals surface area contributed by atoms with E-state index in [2.05, 4.69) is 15.4 Å². The average molecular weight is 416 g/mol. The van der Waals surface area contributed by atoms with E-state index in [0.29, 0.717) is 5.82 Å². The van der Waals surface area contributed by atoms with Crippen molar-refractivity contribution in [2.45, 2.75) is 18.6 Å². The summed E-state index contributed by atoms with van der Waals surface area (Å²) in [6.45, 7) is 0. The summed E-state index contributed by atoms with van der Waals surface area (Å²) in [5.41, 5.74) is 1.76. The third kappa shape index (κ3) is 4.44. The van der Waals surface area contributed by atoms with Gasteiger partial charge in [0.05, 0.1) is 17.1 Å². The number of nitrogens with one attached hydrogen (secondary N) is 1. The predicted molar refractivity (Wildman–Crippen MR) is 114 cm³/mol. The Morgan fingerprint density at radius 1 is 1.00 bits per heavy atom. The van der Waals surface area contributed by atoms with Gasteiger partial charge in [0.15, 0.2) is 11.9 Å². The normalized spacial score (nSPS) is 12.9. The van der Waals surface area contributed by atoms with Crippen LogP contribution in [0, 0.1) is 0 Å². The fourth-order valence-electron chi connectivity index (χ4n) is 3.36. The van der Waals surface area contributed by atoms with Crippen molar-refractivity contribution < 1.29 is 19.8 Å². The quantitative estimate of drug-likeness (QED) is 0.425. The number of aliphatic carboxylic acids is 1. The molecule has 1 amide bonds. The summed E-state index contributed by atoms with van der Waals surface area (Å²) in [7, 11) is 0. The molecule has 2 aromatic heterocycles. The van der Waals surface area contributed by atoms with Crippen molar-refractivity contribution in [3.63, 3.8) is 0 Å². The monoisotopic (exact) mass is 416 g/mol. The van der Waals surface area contributed by atoms with E-state index >= 15 is 0 Å². The summed E-state index contributed by atoms with van der Waals surface area (Å²) >= 11 is 0. The van der Waals surface area contributed by atoms with Gasteiger partial charge in [-0.1, -0.05) is 48.5 Å². The highest BCUT2D eigenvalue weighted by Gasteiger charge is 2.29. The standard InChI is InChI=1S/C23H20N4O4/c28-20(23(30)31)19(13-15-7-2-1-3-8-15)25-22(29)17-10-6-12-24-21(17)27-14-16-9-4-5-11-18(16)26-27/h1-12,14,19-20,28H,13H2,(H,25,29)(H,30,31). The van der Waals surface area contributed by atoms with Crippen LogP contribution in [0.3, 0.4) is 0 Å². The van der Waals surface area contributed by atoms with Crippen molar-refractivity contribution in [2.75, 3.05) is 0 Å². The molecule has 0 fully saturated rings. The van der Waals surface area contributed by atoms with Crippen molar-refractivity contribution in [1.82, 2.24) is 20.1 Å². The van der Waals surface area contributed by atoms with Gasteiger partial charge >= 0.3 is 5.97 Å². The lowest BCUT2D eigenvalue weighted by atomic mass is 10.0. The number of rotatable bonds is 7. The lowest BCUT2D eigenvalue weighted by Gasteiger charge is -2.22. The number of aromatic nitrogens is 3. The Balaban J connectivity index is 1.64. The number of carbonyl (C=O) groups is 2. The lowest BCUT2D eigenvalue weighted by molar-refractivity contribution is -0.148. The highest BCUT2D eigenvalue weighted by atomic mass is 16.4. The van der Waals surface area contributed by atoms with E-state index in [0.717, 1.165) is 16.5 Å². The average Bonchev–Trinajstić information content (AvgIpc) is 3.23. The molecule has 3 N–H and O–H groups in total. The first-order chi connectivity index (χ1) is 15.0. The first-order valence-corrected chi connectivity index (χ1v) is 9.68. The number of carbonyl (C=O) groups excluding carboxylic acids is 1. The van der Waals surface area contributed by atoms with Gasteiger partial charge in [-0.05, 0) is 30.2 Å². The maximum Gasteiger partial charge on any atom is 0.334 e. The van der Waals surface area contributed by atoms with Crippen LogP contribution in [0.4, 0.5) is 0 Å². The first-order valence-electron chi connectivity index (χ1n) is 9.68. The molecule has 31 heavy (non-hydrogen) atoms. The van der Waals surface area contributed by atoms with Crippen LogP contribution >= 0.6 is 0 Å². The van der Waals surface area contributed by atoms with Crippen LogP contribution in [0.2, 0.25) is 0 Å². The Bertz CT molecular complexity index is 1190. The Morgan fingerprint density at radius 3 is 2.48 bits per heavy atom. The maximum absolute atomic E-state index is 13.1. The van der Waals surface area contributed by atoms with Crippen LogP contribution < -0.4 is 5.32 Å². The summed E-state index contributed by atoms with van der Waals surface area (Å²) in [5, 5.41) is 27.5. The summed E-state index contributed by atoms with van der Waals surface area (Å²) in [6, 6.07) is 18.7. The highest BCUT2D eigenvalue weighted by molar-refractivity contribution is 5.97. The molecule has 2 heterocycles. The van der Waals surface area contributed by atoms with Crippen molar-refractivity contribution in [1.29, 1.82) is 0 Å². The van der Waals surface area contributed by atoms with Gasteiger partial charge in [0.1, 0.15) is 0 Å². The molecule has 0 spiro atoms. The molecule has 0 radical (unpaired) electrons.